The van der Waals surface area contributed by atoms with Gasteiger partial charge >= 0.3 is 6.09 Å². The van der Waals surface area contributed by atoms with Crippen LogP contribution < -0.4 is 15.8 Å². The number of likely N-dealkylation sites (tertiary alicyclic amines) is 1. The molecule has 4 aliphatic heterocycles. The van der Waals surface area contributed by atoms with Crippen LogP contribution in [0.15, 0.2) is 79.0 Å². The van der Waals surface area contributed by atoms with Crippen LogP contribution in [0.4, 0.5) is 4.79 Å². The highest BCUT2D eigenvalue weighted by Crippen LogP contribution is 2.45. The van der Waals surface area contributed by atoms with E-state index in [9.17, 15) is 14.4 Å². The van der Waals surface area contributed by atoms with Gasteiger partial charge in [-0.25, -0.2) is 14.8 Å². The van der Waals surface area contributed by atoms with Crippen molar-refractivity contribution in [2.75, 3.05) is 27.4 Å². The number of carbonyl (C=O) groups excluding carboxylic acids is 3. The molecule has 6 aromatic rings. The van der Waals surface area contributed by atoms with E-state index in [1.807, 2.05) is 59.3 Å². The second kappa shape index (κ2) is 15.1. The summed E-state index contributed by atoms with van der Waals surface area (Å²) in [5.74, 6) is 2.20. The molecule has 2 aromatic heterocycles. The molecule has 0 saturated carbocycles. The van der Waals surface area contributed by atoms with Gasteiger partial charge in [0.25, 0.3) is 0 Å². The molecule has 0 bridgehead atoms. The van der Waals surface area contributed by atoms with E-state index >= 15 is 0 Å². The van der Waals surface area contributed by atoms with Gasteiger partial charge in [0.2, 0.25) is 11.8 Å². The number of rotatable bonds is 8. The van der Waals surface area contributed by atoms with Gasteiger partial charge in [0.05, 0.1) is 48.7 Å². The first-order chi connectivity index (χ1) is 29.2. The van der Waals surface area contributed by atoms with Crippen molar-refractivity contribution in [3.8, 4) is 28.1 Å². The van der Waals surface area contributed by atoms with E-state index in [0.29, 0.717) is 19.8 Å². The largest absolute Gasteiger partial charge is 0.488 e. The number of nitrogens with one attached hydrogen (secondary N) is 3. The Morgan fingerprint density at radius 2 is 1.83 bits per heavy atom. The third-order valence-electron chi connectivity index (χ3n) is 13.1. The van der Waals surface area contributed by atoms with E-state index in [4.69, 9.17) is 29.9 Å². The summed E-state index contributed by atoms with van der Waals surface area (Å²) in [4.78, 5) is 60.5. The van der Waals surface area contributed by atoms with Gasteiger partial charge in [-0.2, -0.15) is 0 Å². The van der Waals surface area contributed by atoms with Gasteiger partial charge in [0.15, 0.2) is 0 Å². The third-order valence-corrected chi connectivity index (χ3v) is 13.1. The average Bonchev–Trinajstić information content (AvgIpc) is 4.10. The fourth-order valence-corrected chi connectivity index (χ4v) is 10.1. The maximum atomic E-state index is 13.8. The van der Waals surface area contributed by atoms with Gasteiger partial charge in [-0.05, 0) is 83.5 Å². The molecule has 14 heteroatoms. The monoisotopic (exact) mass is 808 g/mol. The highest BCUT2D eigenvalue weighted by molar-refractivity contribution is 6.07. The van der Waals surface area contributed by atoms with Crippen LogP contribution in [0.1, 0.15) is 73.5 Å². The van der Waals surface area contributed by atoms with Crippen molar-refractivity contribution in [3.05, 3.63) is 102 Å². The number of aromatic amines is 2. The number of amides is 3. The summed E-state index contributed by atoms with van der Waals surface area (Å²) in [6, 6.07) is 22.4. The van der Waals surface area contributed by atoms with Crippen LogP contribution in [0, 0.1) is 11.8 Å². The Morgan fingerprint density at radius 1 is 0.983 bits per heavy atom. The number of fused-ring (bicyclic) bond motifs is 7. The molecule has 3 fully saturated rings. The Hall–Kier alpha value is -6.25. The van der Waals surface area contributed by atoms with E-state index in [1.54, 1.807) is 7.11 Å². The zero-order chi connectivity index (χ0) is 41.2. The van der Waals surface area contributed by atoms with Crippen LogP contribution in [0.25, 0.3) is 44.2 Å². The second-order valence-electron chi connectivity index (χ2n) is 16.8. The van der Waals surface area contributed by atoms with Crippen LogP contribution >= 0.6 is 0 Å². The third kappa shape index (κ3) is 6.45. The Labute approximate surface area is 346 Å². The van der Waals surface area contributed by atoms with E-state index in [2.05, 4.69) is 51.7 Å². The van der Waals surface area contributed by atoms with Gasteiger partial charge in [-0.3, -0.25) is 9.59 Å². The fraction of sp³-hybridized carbons (Fsp3) is 0.370. The maximum absolute atomic E-state index is 13.8. The second-order valence-corrected chi connectivity index (χ2v) is 16.8. The van der Waals surface area contributed by atoms with Crippen LogP contribution in [-0.2, 0) is 25.7 Å². The number of piperidine rings is 1. The highest BCUT2D eigenvalue weighted by atomic mass is 16.5. The number of nitrogens with zero attached hydrogens (tertiary/aromatic N) is 4. The normalized spacial score (nSPS) is 23.9. The maximum Gasteiger partial charge on any atom is 0.407 e. The average molecular weight is 809 g/mol. The first-order valence-corrected chi connectivity index (χ1v) is 20.7. The molecule has 10 rings (SSSR count). The van der Waals surface area contributed by atoms with Crippen molar-refractivity contribution in [1.82, 2.24) is 35.1 Å². The number of benzene rings is 4. The van der Waals surface area contributed by atoms with E-state index in [1.165, 1.54) is 7.11 Å². The minimum atomic E-state index is -0.767. The topological polar surface area (TPSA) is 181 Å². The van der Waals surface area contributed by atoms with E-state index < -0.39 is 18.2 Å². The Kier molecular flexibility index (Phi) is 9.55. The molecule has 5 N–H and O–H groups in total. The minimum absolute atomic E-state index is 0.00395. The molecule has 4 aromatic carbocycles. The van der Waals surface area contributed by atoms with E-state index in [0.717, 1.165) is 98.4 Å². The Bertz CT molecular complexity index is 2640. The van der Waals surface area contributed by atoms with Crippen molar-refractivity contribution in [1.29, 1.82) is 0 Å². The van der Waals surface area contributed by atoms with Gasteiger partial charge in [0.1, 0.15) is 36.1 Å². The van der Waals surface area contributed by atoms with Crippen LogP contribution in [0.3, 0.4) is 0 Å². The molecule has 6 heterocycles. The lowest BCUT2D eigenvalue weighted by Crippen LogP contribution is -2.58. The van der Waals surface area contributed by atoms with Crippen LogP contribution in [0.5, 0.6) is 5.75 Å². The zero-order valence-corrected chi connectivity index (χ0v) is 33.8. The number of alkyl carbamates (subject to hydrolysis) is 1. The lowest BCUT2D eigenvalue weighted by molar-refractivity contribution is -0.142. The summed E-state index contributed by atoms with van der Waals surface area (Å²) < 4.78 is 16.8. The lowest BCUT2D eigenvalue weighted by atomic mass is 9.88. The van der Waals surface area contributed by atoms with Crippen molar-refractivity contribution >= 4 is 39.7 Å². The van der Waals surface area contributed by atoms with Gasteiger partial charge < -0.3 is 45.0 Å². The summed E-state index contributed by atoms with van der Waals surface area (Å²) >= 11 is 0. The lowest BCUT2D eigenvalue weighted by Gasteiger charge is -2.41. The number of carbonyl (C=O) groups is 3. The van der Waals surface area contributed by atoms with Crippen molar-refractivity contribution in [2.45, 2.75) is 69.4 Å². The van der Waals surface area contributed by atoms with Crippen molar-refractivity contribution in [3.63, 3.8) is 0 Å². The number of hydrogen-bond acceptors (Lipinski definition) is 9. The molecular weight excluding hydrogens is 761 g/mol. The standard InChI is InChI=1S/C46H48N8O6/c1-24-15-30-11-14-36(54(30)45(56)40(24)52-46(57)59-3)43-49-34-13-10-27-18-33-31-12-9-28(17-29(31)23-60-38(33)19-32(27)41(34)51-43)35-20-48-42(50-35)37-16-25(22-58-2)21-53(37)44(55)39(47)26-7-5-4-6-8-26/h4-10,12-13,17-20,24-25,30,36-37,39-40H,11,14-16,21-23,47H2,1-3H3,(H,48,50)(H,49,51)(H,52,57)/t24-,25-,30+,36-,37-,39+,40?/m0/s1. The number of aromatic nitrogens is 4. The number of nitrogens with two attached hydrogens (primary N) is 1. The summed E-state index contributed by atoms with van der Waals surface area (Å²) in [5, 5.41) is 4.76. The number of imidazole rings is 2. The number of hydrogen-bond donors (Lipinski definition) is 4. The van der Waals surface area contributed by atoms with Crippen LogP contribution in [-0.4, -0.2) is 87.1 Å². The SMILES string of the molecule is COC[C@H]1C[C@@H](c2ncc(-c3ccc4c(c3)COc3cc5c(ccc6[nH]c([C@@H]7CC[C@@H]8C[C@H](C)C(NC(=O)OC)C(=O)N87)nc65)cc3-4)[nH]2)N(C(=O)[C@H](N)c2ccccc2)C1. The minimum Gasteiger partial charge on any atom is -0.488 e. The van der Waals surface area contributed by atoms with Gasteiger partial charge in [-0.1, -0.05) is 55.5 Å². The molecule has 1 unspecified atom stereocenters. The Balaban J connectivity index is 0.907. The Morgan fingerprint density at radius 3 is 2.65 bits per heavy atom. The summed E-state index contributed by atoms with van der Waals surface area (Å²) in [5.41, 5.74) is 14.0. The van der Waals surface area contributed by atoms with Crippen molar-refractivity contribution in [2.24, 2.45) is 17.6 Å². The molecule has 0 aliphatic carbocycles. The smallest absolute Gasteiger partial charge is 0.407 e. The molecule has 0 spiro atoms. The molecule has 14 nitrogen and oxygen atoms in total. The molecule has 4 aliphatic rings. The molecule has 308 valence electrons. The van der Waals surface area contributed by atoms with Gasteiger partial charge in [-0.15, -0.1) is 0 Å². The number of methoxy groups -OCH3 is 2. The summed E-state index contributed by atoms with van der Waals surface area (Å²) in [7, 11) is 2.99. The predicted molar refractivity (Wildman–Crippen MR) is 224 cm³/mol. The summed E-state index contributed by atoms with van der Waals surface area (Å²) in [6.45, 7) is 3.49. The molecule has 0 radical (unpaired) electrons. The highest BCUT2D eigenvalue weighted by Gasteiger charge is 2.48. The number of ether oxygens (including phenoxy) is 3. The fourth-order valence-electron chi connectivity index (χ4n) is 10.1. The zero-order valence-electron chi connectivity index (χ0n) is 33.8. The quantitative estimate of drug-likeness (QED) is 0.130. The predicted octanol–water partition coefficient (Wildman–Crippen LogP) is 6.70. The number of H-pyrrole nitrogens is 2. The summed E-state index contributed by atoms with van der Waals surface area (Å²) in [6.07, 6.45) is 4.43. The van der Waals surface area contributed by atoms with E-state index in [-0.39, 0.29) is 41.8 Å². The first kappa shape index (κ1) is 38.0. The molecule has 3 saturated heterocycles. The molecule has 3 amide bonds. The van der Waals surface area contributed by atoms with Crippen molar-refractivity contribution < 1.29 is 28.6 Å². The molecule has 7 atom stereocenters. The molecular formula is C46H48N8O6. The van der Waals surface area contributed by atoms with Crippen LogP contribution in [0.2, 0.25) is 0 Å². The van der Waals surface area contributed by atoms with Gasteiger partial charge in [0, 0.05) is 36.6 Å². The molecule has 60 heavy (non-hydrogen) atoms. The first-order valence-electron chi connectivity index (χ1n) is 20.7.